The lowest BCUT2D eigenvalue weighted by Gasteiger charge is -2.31. The molecule has 0 aliphatic carbocycles. The van der Waals surface area contributed by atoms with Gasteiger partial charge in [-0.3, -0.25) is 4.79 Å². The van der Waals surface area contributed by atoms with Crippen molar-refractivity contribution in [1.82, 2.24) is 9.88 Å². The molecular weight excluding hydrogens is 278 g/mol. The van der Waals surface area contributed by atoms with Gasteiger partial charge in [-0.05, 0) is 37.8 Å². The number of rotatable bonds is 3. The van der Waals surface area contributed by atoms with E-state index in [2.05, 4.69) is 17.4 Å². The van der Waals surface area contributed by atoms with Gasteiger partial charge in [0.1, 0.15) is 5.82 Å². The van der Waals surface area contributed by atoms with Crippen molar-refractivity contribution in [2.75, 3.05) is 31.6 Å². The lowest BCUT2D eigenvalue weighted by molar-refractivity contribution is -0.129. The second-order valence-corrected chi connectivity index (χ2v) is 6.26. The number of ether oxygens (including phenoxy) is 1. The van der Waals surface area contributed by atoms with Crippen molar-refractivity contribution in [2.45, 2.75) is 44.6 Å². The van der Waals surface area contributed by atoms with Gasteiger partial charge in [0.05, 0.1) is 0 Å². The summed E-state index contributed by atoms with van der Waals surface area (Å²) < 4.78 is 5.39. The van der Waals surface area contributed by atoms with Crippen molar-refractivity contribution in [1.29, 1.82) is 0 Å². The monoisotopic (exact) mass is 303 g/mol. The Kier molecular flexibility index (Phi) is 4.93. The topological polar surface area (TPSA) is 54.5 Å². The summed E-state index contributed by atoms with van der Waals surface area (Å²) in [5.41, 5.74) is 1.15. The second-order valence-electron chi connectivity index (χ2n) is 6.26. The van der Waals surface area contributed by atoms with Crippen LogP contribution in [0.2, 0.25) is 0 Å². The molecule has 2 fully saturated rings. The molecule has 1 aromatic heterocycles. The van der Waals surface area contributed by atoms with Crippen LogP contribution in [-0.4, -0.2) is 48.1 Å². The Morgan fingerprint density at radius 1 is 1.23 bits per heavy atom. The van der Waals surface area contributed by atoms with Crippen LogP contribution < -0.4 is 5.32 Å². The first kappa shape index (κ1) is 15.3. The Bertz CT molecular complexity index is 506. The molecular formula is C17H25N3O2. The molecule has 0 radical (unpaired) electrons. The number of hydrogen-bond acceptors (Lipinski definition) is 4. The molecule has 1 aromatic rings. The first-order valence-electron chi connectivity index (χ1n) is 8.29. The largest absolute Gasteiger partial charge is 0.381 e. The van der Waals surface area contributed by atoms with Gasteiger partial charge in [-0.15, -0.1) is 0 Å². The van der Waals surface area contributed by atoms with Crippen LogP contribution in [-0.2, 0) is 9.53 Å². The third kappa shape index (κ3) is 3.77. The van der Waals surface area contributed by atoms with E-state index in [1.807, 2.05) is 11.0 Å². The summed E-state index contributed by atoms with van der Waals surface area (Å²) in [6.07, 6.45) is 4.10. The number of likely N-dealkylation sites (tertiary alicyclic amines) is 1. The first-order valence-corrected chi connectivity index (χ1v) is 8.29. The zero-order valence-electron chi connectivity index (χ0n) is 13.3. The van der Waals surface area contributed by atoms with Crippen LogP contribution in [0.1, 0.15) is 44.2 Å². The number of hydrogen-bond donors (Lipinski definition) is 1. The molecule has 120 valence electrons. The van der Waals surface area contributed by atoms with E-state index in [0.717, 1.165) is 63.5 Å². The minimum atomic E-state index is 0.182. The number of carbonyl (C=O) groups is 1. The molecule has 2 aliphatic rings. The number of aromatic nitrogens is 1. The Morgan fingerprint density at radius 3 is 2.64 bits per heavy atom. The quantitative estimate of drug-likeness (QED) is 0.931. The Morgan fingerprint density at radius 2 is 1.95 bits per heavy atom. The summed E-state index contributed by atoms with van der Waals surface area (Å²) in [5, 5.41) is 3.53. The molecule has 0 saturated carbocycles. The van der Waals surface area contributed by atoms with E-state index in [1.165, 1.54) is 0 Å². The van der Waals surface area contributed by atoms with E-state index in [9.17, 15) is 4.79 Å². The van der Waals surface area contributed by atoms with Gasteiger partial charge in [-0.25, -0.2) is 4.98 Å². The molecule has 3 rings (SSSR count). The van der Waals surface area contributed by atoms with E-state index >= 15 is 0 Å². The van der Waals surface area contributed by atoms with Crippen LogP contribution in [0.3, 0.4) is 0 Å². The number of pyridine rings is 1. The Hall–Kier alpha value is -1.62. The minimum Gasteiger partial charge on any atom is -0.381 e. The van der Waals surface area contributed by atoms with Crippen LogP contribution in [0.4, 0.5) is 5.82 Å². The van der Waals surface area contributed by atoms with E-state index < -0.39 is 0 Å². The normalized spacial score (nSPS) is 20.9. The Balaban J connectivity index is 1.60. The van der Waals surface area contributed by atoms with E-state index in [4.69, 9.17) is 9.72 Å². The number of carbonyl (C=O) groups excluding carboxylic acids is 1. The highest BCUT2D eigenvalue weighted by Gasteiger charge is 2.23. The Labute approximate surface area is 132 Å². The van der Waals surface area contributed by atoms with Crippen molar-refractivity contribution in [3.63, 3.8) is 0 Å². The van der Waals surface area contributed by atoms with Crippen molar-refractivity contribution in [3.8, 4) is 0 Å². The molecule has 0 bridgehead atoms. The molecule has 5 nitrogen and oxygen atoms in total. The fraction of sp³-hybridized carbons (Fsp3) is 0.647. The lowest BCUT2D eigenvalue weighted by atomic mass is 9.93. The third-order valence-corrected chi connectivity index (χ3v) is 4.70. The van der Waals surface area contributed by atoms with Crippen LogP contribution in [0.5, 0.6) is 0 Å². The maximum Gasteiger partial charge on any atom is 0.219 e. The molecule has 2 saturated heterocycles. The highest BCUT2D eigenvalue weighted by molar-refractivity contribution is 5.73. The third-order valence-electron chi connectivity index (χ3n) is 4.70. The first-order chi connectivity index (χ1) is 10.7. The number of nitrogens with one attached hydrogen (secondary N) is 1. The SMILES string of the molecule is CC(=O)N1CCC(c2cccc(NC3CCOCC3)n2)CC1. The maximum absolute atomic E-state index is 11.4. The van der Waals surface area contributed by atoms with Gasteiger partial charge in [0.15, 0.2) is 0 Å². The smallest absolute Gasteiger partial charge is 0.219 e. The number of anilines is 1. The van der Waals surface area contributed by atoms with Crippen molar-refractivity contribution in [3.05, 3.63) is 23.9 Å². The zero-order chi connectivity index (χ0) is 15.4. The van der Waals surface area contributed by atoms with Gasteiger partial charge in [-0.1, -0.05) is 6.07 Å². The molecule has 3 heterocycles. The van der Waals surface area contributed by atoms with Gasteiger partial charge in [-0.2, -0.15) is 0 Å². The molecule has 1 amide bonds. The maximum atomic E-state index is 11.4. The van der Waals surface area contributed by atoms with Gasteiger partial charge in [0, 0.05) is 50.9 Å². The van der Waals surface area contributed by atoms with E-state index in [-0.39, 0.29) is 5.91 Å². The zero-order valence-corrected chi connectivity index (χ0v) is 13.3. The van der Waals surface area contributed by atoms with E-state index in [0.29, 0.717) is 12.0 Å². The van der Waals surface area contributed by atoms with Gasteiger partial charge >= 0.3 is 0 Å². The van der Waals surface area contributed by atoms with E-state index in [1.54, 1.807) is 6.92 Å². The number of amides is 1. The molecule has 1 N–H and O–H groups in total. The molecule has 0 aromatic carbocycles. The van der Waals surface area contributed by atoms with Gasteiger partial charge in [0.2, 0.25) is 5.91 Å². The molecule has 5 heteroatoms. The predicted molar refractivity (Wildman–Crippen MR) is 85.9 cm³/mol. The molecule has 2 aliphatic heterocycles. The van der Waals surface area contributed by atoms with Crippen LogP contribution in [0.15, 0.2) is 18.2 Å². The number of piperidine rings is 1. The van der Waals surface area contributed by atoms with Crippen molar-refractivity contribution < 1.29 is 9.53 Å². The molecule has 22 heavy (non-hydrogen) atoms. The van der Waals surface area contributed by atoms with Crippen LogP contribution in [0, 0.1) is 0 Å². The average molecular weight is 303 g/mol. The summed E-state index contributed by atoms with van der Waals surface area (Å²) >= 11 is 0. The fourth-order valence-electron chi connectivity index (χ4n) is 3.30. The van der Waals surface area contributed by atoms with Gasteiger partial charge < -0.3 is 15.0 Å². The van der Waals surface area contributed by atoms with Crippen LogP contribution in [0.25, 0.3) is 0 Å². The summed E-state index contributed by atoms with van der Waals surface area (Å²) in [4.78, 5) is 18.1. The van der Waals surface area contributed by atoms with Crippen molar-refractivity contribution >= 4 is 11.7 Å². The molecule has 0 atom stereocenters. The summed E-state index contributed by atoms with van der Waals surface area (Å²) in [7, 11) is 0. The summed E-state index contributed by atoms with van der Waals surface area (Å²) in [6.45, 7) is 5.01. The standard InChI is InChI=1S/C17H25N3O2/c1-13(21)20-9-5-14(6-10-20)16-3-2-4-17(19-16)18-15-7-11-22-12-8-15/h2-4,14-15H,5-12H2,1H3,(H,18,19). The fourth-order valence-corrected chi connectivity index (χ4v) is 3.30. The minimum absolute atomic E-state index is 0.182. The number of nitrogens with zero attached hydrogens (tertiary/aromatic N) is 2. The lowest BCUT2D eigenvalue weighted by Crippen LogP contribution is -2.36. The predicted octanol–water partition coefficient (Wildman–Crippen LogP) is 2.40. The highest BCUT2D eigenvalue weighted by atomic mass is 16.5. The average Bonchev–Trinajstić information content (AvgIpc) is 2.56. The summed E-state index contributed by atoms with van der Waals surface area (Å²) in [5.74, 6) is 1.62. The highest BCUT2D eigenvalue weighted by Crippen LogP contribution is 2.27. The molecule has 0 unspecified atom stereocenters. The molecule has 0 spiro atoms. The van der Waals surface area contributed by atoms with Crippen molar-refractivity contribution in [2.24, 2.45) is 0 Å². The summed E-state index contributed by atoms with van der Waals surface area (Å²) in [6, 6.07) is 6.71. The van der Waals surface area contributed by atoms with Gasteiger partial charge in [0.25, 0.3) is 0 Å². The van der Waals surface area contributed by atoms with Crippen LogP contribution >= 0.6 is 0 Å². The second kappa shape index (κ2) is 7.09.